The summed E-state index contributed by atoms with van der Waals surface area (Å²) in [7, 11) is 2.01. The van der Waals surface area contributed by atoms with E-state index in [0.29, 0.717) is 17.9 Å². The summed E-state index contributed by atoms with van der Waals surface area (Å²) in [6.07, 6.45) is 11.2. The van der Waals surface area contributed by atoms with E-state index in [1.54, 1.807) is 12.5 Å². The summed E-state index contributed by atoms with van der Waals surface area (Å²) >= 11 is 0. The number of carbonyl (C=O) groups is 1. The predicted molar refractivity (Wildman–Crippen MR) is 78.3 cm³/mol. The number of aromatic amines is 1. The number of carbonyl (C=O) groups excluding carboxylic acids is 1. The van der Waals surface area contributed by atoms with Gasteiger partial charge in [-0.1, -0.05) is 0 Å². The van der Waals surface area contributed by atoms with Gasteiger partial charge in [-0.05, 0) is 23.8 Å². The number of nitrogens with zero attached hydrogens (tertiary/aromatic N) is 1. The van der Waals surface area contributed by atoms with Crippen LogP contribution < -0.4 is 5.32 Å². The van der Waals surface area contributed by atoms with Crippen molar-refractivity contribution in [1.29, 1.82) is 0 Å². The lowest BCUT2D eigenvalue weighted by Crippen LogP contribution is -2.31. The minimum atomic E-state index is 0.0136. The fourth-order valence-corrected chi connectivity index (χ4v) is 2.89. The molecule has 1 atom stereocenters. The lowest BCUT2D eigenvalue weighted by Gasteiger charge is -2.32. The quantitative estimate of drug-likeness (QED) is 0.907. The maximum absolute atomic E-state index is 12.6. The van der Waals surface area contributed by atoms with Gasteiger partial charge in [0.2, 0.25) is 5.78 Å². The first-order chi connectivity index (χ1) is 10.2. The number of H-pyrrole nitrogens is 1. The third-order valence-corrected chi connectivity index (χ3v) is 4.04. The predicted octanol–water partition coefficient (Wildman–Crippen LogP) is 2.43. The van der Waals surface area contributed by atoms with Gasteiger partial charge in [0, 0.05) is 37.1 Å². The van der Waals surface area contributed by atoms with Crippen molar-refractivity contribution in [3.8, 4) is 0 Å². The van der Waals surface area contributed by atoms with E-state index in [4.69, 9.17) is 4.42 Å². The maximum atomic E-state index is 12.6. The summed E-state index contributed by atoms with van der Waals surface area (Å²) < 4.78 is 5.04. The van der Waals surface area contributed by atoms with Gasteiger partial charge in [0.25, 0.3) is 0 Å². The molecule has 5 nitrogen and oxygen atoms in total. The number of hydrogen-bond donors (Lipinski definition) is 2. The molecule has 0 fully saturated rings. The molecule has 4 rings (SSSR count). The van der Waals surface area contributed by atoms with Crippen molar-refractivity contribution in [2.75, 3.05) is 7.05 Å². The molecule has 1 aliphatic heterocycles. The first-order valence-corrected chi connectivity index (χ1v) is 6.87. The molecule has 2 aromatic heterocycles. The molecule has 0 bridgehead atoms. The van der Waals surface area contributed by atoms with Crippen molar-refractivity contribution in [1.82, 2.24) is 15.2 Å². The van der Waals surface area contributed by atoms with Crippen molar-refractivity contribution in [2.24, 2.45) is 0 Å². The topological polar surface area (TPSA) is 61.3 Å². The molecule has 2 N–H and O–H groups in total. The van der Waals surface area contributed by atoms with Crippen LogP contribution in [0.4, 0.5) is 0 Å². The molecule has 0 amide bonds. The Bertz CT molecular complexity index is 753. The van der Waals surface area contributed by atoms with Crippen LogP contribution >= 0.6 is 0 Å². The molecule has 0 saturated carbocycles. The third-order valence-electron chi connectivity index (χ3n) is 4.04. The number of likely N-dealkylation sites (N-methyl/N-ethyl adjacent to an activating group) is 1. The molecular formula is C16H15N3O2. The molecule has 0 saturated heterocycles. The number of Topliss-reactive ketones (excluding diaryl/α,β-unsaturated/α-hetero) is 1. The van der Waals surface area contributed by atoms with Gasteiger partial charge < -0.3 is 19.6 Å². The normalized spacial score (nSPS) is 19.5. The van der Waals surface area contributed by atoms with Gasteiger partial charge in [-0.25, -0.2) is 0 Å². The van der Waals surface area contributed by atoms with Crippen LogP contribution in [0.25, 0.3) is 6.08 Å². The third kappa shape index (κ3) is 1.81. The minimum absolute atomic E-state index is 0.0136. The van der Waals surface area contributed by atoms with Crippen LogP contribution in [-0.2, 0) is 6.54 Å². The molecule has 3 heterocycles. The van der Waals surface area contributed by atoms with E-state index in [1.165, 1.54) is 0 Å². The number of aromatic nitrogens is 1. The Hall–Kier alpha value is -2.69. The summed E-state index contributed by atoms with van der Waals surface area (Å²) in [5.41, 5.74) is 4.48. The highest BCUT2D eigenvalue weighted by molar-refractivity contribution is 6.10. The van der Waals surface area contributed by atoms with Gasteiger partial charge >= 0.3 is 0 Å². The second-order valence-corrected chi connectivity index (χ2v) is 5.35. The molecule has 0 spiro atoms. The molecule has 2 aliphatic rings. The van der Waals surface area contributed by atoms with Crippen molar-refractivity contribution < 1.29 is 9.21 Å². The van der Waals surface area contributed by atoms with E-state index in [-0.39, 0.29) is 11.8 Å². The van der Waals surface area contributed by atoms with Crippen LogP contribution in [-0.4, -0.2) is 22.7 Å². The molecule has 1 unspecified atom stereocenters. The van der Waals surface area contributed by atoms with Crippen LogP contribution in [0.15, 0.2) is 47.2 Å². The molecule has 2 aromatic rings. The zero-order chi connectivity index (χ0) is 14.4. The number of furan rings is 1. The number of nitrogens with one attached hydrogen (secondary N) is 2. The van der Waals surface area contributed by atoms with E-state index < -0.39 is 0 Å². The summed E-state index contributed by atoms with van der Waals surface area (Å²) in [5, 5.41) is 3.21. The second kappa shape index (κ2) is 4.41. The van der Waals surface area contributed by atoms with Crippen LogP contribution in [0.3, 0.4) is 0 Å². The molecule has 21 heavy (non-hydrogen) atoms. The van der Waals surface area contributed by atoms with Gasteiger partial charge in [-0.15, -0.1) is 0 Å². The van der Waals surface area contributed by atoms with Crippen molar-refractivity contribution in [2.45, 2.75) is 12.6 Å². The Morgan fingerprint density at radius 3 is 3.19 bits per heavy atom. The van der Waals surface area contributed by atoms with Crippen molar-refractivity contribution >= 4 is 11.9 Å². The maximum Gasteiger partial charge on any atom is 0.225 e. The van der Waals surface area contributed by atoms with Crippen LogP contribution in [0.2, 0.25) is 0 Å². The molecule has 0 radical (unpaired) electrons. The second-order valence-electron chi connectivity index (χ2n) is 5.35. The fraction of sp³-hybridized carbons (Fsp3) is 0.188. The smallest absolute Gasteiger partial charge is 0.225 e. The SMILES string of the molecule is CN1C=Cc2c[nH]c3c2C1C=C(NCc1ccoc1)C3=O. The van der Waals surface area contributed by atoms with E-state index >= 15 is 0 Å². The van der Waals surface area contributed by atoms with E-state index in [2.05, 4.69) is 15.2 Å². The molecular weight excluding hydrogens is 266 g/mol. The largest absolute Gasteiger partial charge is 0.472 e. The van der Waals surface area contributed by atoms with Crippen LogP contribution in [0.1, 0.15) is 33.2 Å². The molecule has 0 aromatic carbocycles. The van der Waals surface area contributed by atoms with Crippen molar-refractivity contribution in [3.05, 3.63) is 65.1 Å². The highest BCUT2D eigenvalue weighted by Gasteiger charge is 2.33. The van der Waals surface area contributed by atoms with E-state index in [1.807, 2.05) is 37.7 Å². The molecule has 5 heteroatoms. The molecule has 106 valence electrons. The Morgan fingerprint density at radius 1 is 1.48 bits per heavy atom. The van der Waals surface area contributed by atoms with Gasteiger partial charge in [0.05, 0.1) is 30.0 Å². The Labute approximate surface area is 121 Å². The van der Waals surface area contributed by atoms with Gasteiger partial charge in [0.15, 0.2) is 0 Å². The Morgan fingerprint density at radius 2 is 2.38 bits per heavy atom. The Balaban J connectivity index is 1.66. The highest BCUT2D eigenvalue weighted by atomic mass is 16.3. The number of ketones is 1. The minimum Gasteiger partial charge on any atom is -0.472 e. The van der Waals surface area contributed by atoms with Gasteiger partial charge in [0.1, 0.15) is 0 Å². The number of rotatable bonds is 3. The Kier molecular flexibility index (Phi) is 2.54. The van der Waals surface area contributed by atoms with Crippen molar-refractivity contribution in [3.63, 3.8) is 0 Å². The van der Waals surface area contributed by atoms with Crippen LogP contribution in [0.5, 0.6) is 0 Å². The first-order valence-electron chi connectivity index (χ1n) is 6.87. The lowest BCUT2D eigenvalue weighted by atomic mass is 9.90. The zero-order valence-corrected chi connectivity index (χ0v) is 11.6. The first kappa shape index (κ1) is 12.1. The van der Waals surface area contributed by atoms with Gasteiger partial charge in [-0.3, -0.25) is 4.79 Å². The monoisotopic (exact) mass is 281 g/mol. The summed E-state index contributed by atoms with van der Waals surface area (Å²) in [5.74, 6) is 0.0136. The number of allylic oxidation sites excluding steroid dienone is 1. The summed E-state index contributed by atoms with van der Waals surface area (Å²) in [4.78, 5) is 17.8. The zero-order valence-electron chi connectivity index (χ0n) is 11.6. The fourth-order valence-electron chi connectivity index (χ4n) is 2.89. The number of hydrogen-bond acceptors (Lipinski definition) is 4. The van der Waals surface area contributed by atoms with Gasteiger partial charge in [-0.2, -0.15) is 0 Å². The van der Waals surface area contributed by atoms with E-state index in [9.17, 15) is 4.79 Å². The summed E-state index contributed by atoms with van der Waals surface area (Å²) in [6, 6.07) is 1.98. The molecule has 1 aliphatic carbocycles. The highest BCUT2D eigenvalue weighted by Crippen LogP contribution is 2.37. The average Bonchev–Trinajstić information content (AvgIpc) is 3.14. The lowest BCUT2D eigenvalue weighted by molar-refractivity contribution is 0.101. The summed E-state index contributed by atoms with van der Waals surface area (Å²) in [6.45, 7) is 0.573. The van der Waals surface area contributed by atoms with Crippen LogP contribution in [0, 0.1) is 0 Å². The van der Waals surface area contributed by atoms with E-state index in [0.717, 1.165) is 16.7 Å². The average molecular weight is 281 g/mol. The standard InChI is InChI=1S/C16H15N3O2/c1-19-4-2-11-8-18-15-14(11)13(19)6-12(16(15)20)17-7-10-3-5-21-9-10/h2-6,8-9,13,17-18H,7H2,1H3.